The Labute approximate surface area is 163 Å². The number of nitrogens with one attached hydrogen (secondary N) is 2. The molecule has 0 saturated heterocycles. The van der Waals surface area contributed by atoms with Gasteiger partial charge in [-0.3, -0.25) is 9.59 Å². The van der Waals surface area contributed by atoms with Gasteiger partial charge in [0.05, 0.1) is 16.6 Å². The Balaban J connectivity index is 1.56. The van der Waals surface area contributed by atoms with Crippen molar-refractivity contribution in [2.45, 2.75) is 12.3 Å². The molecule has 1 atom stereocenters. The Hall–Kier alpha value is -2.77. The van der Waals surface area contributed by atoms with Crippen molar-refractivity contribution in [2.75, 3.05) is 10.6 Å². The zero-order chi connectivity index (χ0) is 19.0. The molecule has 0 saturated carbocycles. The van der Waals surface area contributed by atoms with Gasteiger partial charge >= 0.3 is 0 Å². The zero-order valence-corrected chi connectivity index (χ0v) is 15.4. The molecule has 2 amide bonds. The summed E-state index contributed by atoms with van der Waals surface area (Å²) in [6.07, 6.45) is 0.0743. The van der Waals surface area contributed by atoms with Gasteiger partial charge in [0.2, 0.25) is 11.8 Å². The van der Waals surface area contributed by atoms with Crippen molar-refractivity contribution >= 4 is 45.6 Å². The van der Waals surface area contributed by atoms with Crippen LogP contribution in [-0.2, 0) is 9.59 Å². The monoisotopic (exact) mass is 401 g/mol. The zero-order valence-electron chi connectivity index (χ0n) is 13.8. The number of nitrogens with zero attached hydrogens (tertiary/aromatic N) is 1. The topological polar surface area (TPSA) is 71.1 Å². The van der Waals surface area contributed by atoms with E-state index in [-0.39, 0.29) is 23.3 Å². The number of aromatic nitrogens is 1. The normalized spacial score (nSPS) is 15.8. The third kappa shape index (κ3) is 3.56. The Morgan fingerprint density at radius 2 is 2.11 bits per heavy atom. The van der Waals surface area contributed by atoms with E-state index in [9.17, 15) is 14.0 Å². The van der Waals surface area contributed by atoms with Crippen molar-refractivity contribution in [1.29, 1.82) is 0 Å². The first kappa shape index (κ1) is 17.6. The summed E-state index contributed by atoms with van der Waals surface area (Å²) in [6.45, 7) is 0. The van der Waals surface area contributed by atoms with Gasteiger partial charge in [-0.15, -0.1) is 11.3 Å². The lowest BCUT2D eigenvalue weighted by Gasteiger charge is -2.24. The van der Waals surface area contributed by atoms with Gasteiger partial charge in [0.15, 0.2) is 5.13 Å². The van der Waals surface area contributed by atoms with Crippen LogP contribution in [-0.4, -0.2) is 16.8 Å². The predicted octanol–water partition coefficient (Wildman–Crippen LogP) is 4.67. The summed E-state index contributed by atoms with van der Waals surface area (Å²) in [4.78, 5) is 29.0. The summed E-state index contributed by atoms with van der Waals surface area (Å²) < 4.78 is 13.2. The number of fused-ring (bicyclic) bond motifs is 1. The summed E-state index contributed by atoms with van der Waals surface area (Å²) in [5.74, 6) is -1.52. The number of amides is 2. The SMILES string of the molecule is O=C1CC(C(=O)Nc2nc(-c3ccc(F)cc3Cl)cs2)c2ccccc2N1. The highest BCUT2D eigenvalue weighted by Crippen LogP contribution is 2.34. The second-order valence-corrected chi connectivity index (χ2v) is 7.31. The van der Waals surface area contributed by atoms with Gasteiger partial charge in [0, 0.05) is 23.1 Å². The number of rotatable bonds is 3. The van der Waals surface area contributed by atoms with E-state index < -0.39 is 11.7 Å². The molecule has 1 aliphatic rings. The summed E-state index contributed by atoms with van der Waals surface area (Å²) in [5, 5.41) is 7.90. The average Bonchev–Trinajstić information content (AvgIpc) is 3.09. The summed E-state index contributed by atoms with van der Waals surface area (Å²) in [5.41, 5.74) is 2.54. The van der Waals surface area contributed by atoms with Crippen LogP contribution in [0.2, 0.25) is 5.02 Å². The maximum Gasteiger partial charge on any atom is 0.234 e. The number of hydrogen-bond acceptors (Lipinski definition) is 4. The predicted molar refractivity (Wildman–Crippen MR) is 104 cm³/mol. The van der Waals surface area contributed by atoms with Gasteiger partial charge in [0.1, 0.15) is 5.82 Å². The van der Waals surface area contributed by atoms with Gasteiger partial charge in [-0.1, -0.05) is 29.8 Å². The van der Waals surface area contributed by atoms with Crippen LogP contribution >= 0.6 is 22.9 Å². The molecule has 0 spiro atoms. The van der Waals surface area contributed by atoms with Gasteiger partial charge in [-0.05, 0) is 29.8 Å². The minimum absolute atomic E-state index is 0.0743. The van der Waals surface area contributed by atoms with E-state index in [1.165, 1.54) is 23.5 Å². The highest BCUT2D eigenvalue weighted by atomic mass is 35.5. The number of para-hydroxylation sites is 1. The van der Waals surface area contributed by atoms with Crippen molar-refractivity contribution in [3.05, 3.63) is 64.2 Å². The Kier molecular flexibility index (Phi) is 4.63. The minimum Gasteiger partial charge on any atom is -0.326 e. The standard InChI is InChI=1S/C19H13ClFN3O2S/c20-14-7-10(21)5-6-12(14)16-9-27-19(23-16)24-18(26)13-8-17(25)22-15-4-2-1-3-11(13)15/h1-7,9,13H,8H2,(H,22,25)(H,23,24,26). The number of carbonyl (C=O) groups is 2. The number of anilines is 2. The molecule has 1 aliphatic heterocycles. The molecule has 2 N–H and O–H groups in total. The van der Waals surface area contributed by atoms with Crippen LogP contribution in [0.1, 0.15) is 17.9 Å². The Bertz CT molecular complexity index is 1050. The lowest BCUT2D eigenvalue weighted by Crippen LogP contribution is -2.30. The highest BCUT2D eigenvalue weighted by molar-refractivity contribution is 7.14. The maximum atomic E-state index is 13.2. The molecule has 8 heteroatoms. The highest BCUT2D eigenvalue weighted by Gasteiger charge is 2.30. The molecule has 4 rings (SSSR count). The van der Waals surface area contributed by atoms with Crippen LogP contribution < -0.4 is 10.6 Å². The molecular formula is C19H13ClFN3O2S. The lowest BCUT2D eigenvalue weighted by atomic mass is 9.90. The molecule has 0 radical (unpaired) electrons. The third-order valence-electron chi connectivity index (χ3n) is 4.26. The largest absolute Gasteiger partial charge is 0.326 e. The maximum absolute atomic E-state index is 13.2. The number of carbonyl (C=O) groups excluding carboxylic acids is 2. The fourth-order valence-corrected chi connectivity index (χ4v) is 3.97. The van der Waals surface area contributed by atoms with E-state index in [1.54, 1.807) is 23.6 Å². The summed E-state index contributed by atoms with van der Waals surface area (Å²) in [6, 6.07) is 11.3. The molecule has 27 heavy (non-hydrogen) atoms. The van der Waals surface area contributed by atoms with E-state index in [0.29, 0.717) is 22.1 Å². The fourth-order valence-electron chi connectivity index (χ4n) is 2.99. The molecule has 1 aromatic heterocycles. The molecule has 2 aromatic carbocycles. The quantitative estimate of drug-likeness (QED) is 0.670. The summed E-state index contributed by atoms with van der Waals surface area (Å²) >= 11 is 7.30. The molecule has 3 aromatic rings. The Morgan fingerprint density at radius 1 is 1.30 bits per heavy atom. The van der Waals surface area contributed by atoms with E-state index in [0.717, 1.165) is 5.56 Å². The minimum atomic E-state index is -0.586. The molecule has 2 heterocycles. The van der Waals surface area contributed by atoms with Crippen LogP contribution in [0.3, 0.4) is 0 Å². The van der Waals surface area contributed by atoms with Crippen LogP contribution in [0.15, 0.2) is 47.8 Å². The van der Waals surface area contributed by atoms with Gasteiger partial charge < -0.3 is 10.6 Å². The van der Waals surface area contributed by atoms with Crippen molar-refractivity contribution < 1.29 is 14.0 Å². The first-order chi connectivity index (χ1) is 13.0. The van der Waals surface area contributed by atoms with E-state index >= 15 is 0 Å². The van der Waals surface area contributed by atoms with Crippen molar-refractivity contribution in [2.24, 2.45) is 0 Å². The van der Waals surface area contributed by atoms with Crippen molar-refractivity contribution in [1.82, 2.24) is 4.98 Å². The van der Waals surface area contributed by atoms with Gasteiger partial charge in [-0.2, -0.15) is 0 Å². The molecule has 1 unspecified atom stereocenters. The van der Waals surface area contributed by atoms with Crippen molar-refractivity contribution in [3.63, 3.8) is 0 Å². The molecular weight excluding hydrogens is 389 g/mol. The molecule has 0 aliphatic carbocycles. The molecule has 5 nitrogen and oxygen atoms in total. The lowest BCUT2D eigenvalue weighted by molar-refractivity contribution is -0.123. The molecule has 0 fully saturated rings. The second-order valence-electron chi connectivity index (χ2n) is 6.04. The van der Waals surface area contributed by atoms with Crippen LogP contribution in [0.25, 0.3) is 11.3 Å². The number of hydrogen-bond donors (Lipinski definition) is 2. The second kappa shape index (κ2) is 7.09. The van der Waals surface area contributed by atoms with Crippen LogP contribution in [0.4, 0.5) is 15.2 Å². The first-order valence-electron chi connectivity index (χ1n) is 8.12. The van der Waals surface area contributed by atoms with Crippen molar-refractivity contribution in [3.8, 4) is 11.3 Å². The number of thiazole rings is 1. The summed E-state index contributed by atoms with van der Waals surface area (Å²) in [7, 11) is 0. The van der Waals surface area contributed by atoms with E-state index in [2.05, 4.69) is 15.6 Å². The van der Waals surface area contributed by atoms with Gasteiger partial charge in [-0.25, -0.2) is 9.37 Å². The fraction of sp³-hybridized carbons (Fsp3) is 0.105. The average molecular weight is 402 g/mol. The van der Waals surface area contributed by atoms with E-state index in [4.69, 9.17) is 11.6 Å². The third-order valence-corrected chi connectivity index (χ3v) is 5.33. The molecule has 0 bridgehead atoms. The smallest absolute Gasteiger partial charge is 0.234 e. The first-order valence-corrected chi connectivity index (χ1v) is 9.37. The Morgan fingerprint density at radius 3 is 2.93 bits per heavy atom. The van der Waals surface area contributed by atoms with Crippen LogP contribution in [0, 0.1) is 5.82 Å². The number of halogens is 2. The van der Waals surface area contributed by atoms with Gasteiger partial charge in [0.25, 0.3) is 0 Å². The number of benzene rings is 2. The molecule has 136 valence electrons. The van der Waals surface area contributed by atoms with E-state index in [1.807, 2.05) is 12.1 Å². The van der Waals surface area contributed by atoms with Crippen LogP contribution in [0.5, 0.6) is 0 Å².